The highest BCUT2D eigenvalue weighted by atomic mass is 35.5. The molecule has 0 atom stereocenters. The Kier molecular flexibility index (Phi) is 5.81. The zero-order valence-electron chi connectivity index (χ0n) is 16.8. The minimum Gasteiger partial charge on any atom is -0.439 e. The first-order chi connectivity index (χ1) is 15.0. The summed E-state index contributed by atoms with van der Waals surface area (Å²) in [5.41, 5.74) is 2.16. The maximum absolute atomic E-state index is 12.2. The maximum atomic E-state index is 12.2. The molecule has 2 N–H and O–H groups in total. The van der Waals surface area contributed by atoms with Crippen LogP contribution in [0, 0.1) is 13.8 Å². The first-order valence-corrected chi connectivity index (χ1v) is 9.82. The number of nitrogens with zero attached hydrogens (tertiary/aromatic N) is 4. The van der Waals surface area contributed by atoms with Crippen molar-refractivity contribution in [2.24, 2.45) is 0 Å². The van der Waals surface area contributed by atoms with E-state index in [1.807, 2.05) is 19.1 Å². The van der Waals surface area contributed by atoms with Gasteiger partial charge in [-0.25, -0.2) is 14.5 Å². The van der Waals surface area contributed by atoms with Crippen LogP contribution in [-0.2, 0) is 0 Å². The van der Waals surface area contributed by atoms with Crippen LogP contribution in [0.25, 0.3) is 5.82 Å². The van der Waals surface area contributed by atoms with E-state index in [4.69, 9.17) is 16.3 Å². The van der Waals surface area contributed by atoms with Crippen LogP contribution in [0.3, 0.4) is 0 Å². The molecule has 0 saturated heterocycles. The molecule has 0 spiro atoms. The number of rotatable bonds is 5. The molecule has 2 aromatic heterocycles. The normalized spacial score (nSPS) is 10.5. The maximum Gasteiger partial charge on any atom is 0.323 e. The van der Waals surface area contributed by atoms with Crippen LogP contribution in [0.15, 0.2) is 67.0 Å². The van der Waals surface area contributed by atoms with Gasteiger partial charge in [0.15, 0.2) is 5.82 Å². The van der Waals surface area contributed by atoms with Crippen molar-refractivity contribution in [3.8, 4) is 17.4 Å². The average molecular weight is 435 g/mol. The summed E-state index contributed by atoms with van der Waals surface area (Å²) in [4.78, 5) is 20.9. The summed E-state index contributed by atoms with van der Waals surface area (Å²) in [7, 11) is 0. The molecule has 0 aliphatic rings. The lowest BCUT2D eigenvalue weighted by Crippen LogP contribution is -2.19. The minimum absolute atomic E-state index is 0.394. The number of nitrogens with one attached hydrogen (secondary N) is 2. The smallest absolute Gasteiger partial charge is 0.323 e. The van der Waals surface area contributed by atoms with Crippen LogP contribution >= 0.6 is 11.6 Å². The molecule has 2 amide bonds. The van der Waals surface area contributed by atoms with Crippen LogP contribution in [0.4, 0.5) is 16.2 Å². The van der Waals surface area contributed by atoms with Crippen LogP contribution in [0.1, 0.15) is 11.4 Å². The van der Waals surface area contributed by atoms with E-state index in [0.717, 1.165) is 5.56 Å². The zero-order valence-corrected chi connectivity index (χ0v) is 17.6. The topological polar surface area (TPSA) is 94.0 Å². The second kappa shape index (κ2) is 8.85. The summed E-state index contributed by atoms with van der Waals surface area (Å²) in [6.07, 6.45) is 3.47. The van der Waals surface area contributed by atoms with Gasteiger partial charge in [-0.15, -0.1) is 0 Å². The number of aromatic nitrogens is 4. The van der Waals surface area contributed by atoms with Gasteiger partial charge in [-0.1, -0.05) is 17.7 Å². The molecular formula is C22H19ClN6O2. The minimum atomic E-state index is -0.394. The second-order valence-electron chi connectivity index (χ2n) is 6.75. The Bertz CT molecular complexity index is 1210. The number of halogens is 1. The molecular weight excluding hydrogens is 416 g/mol. The number of hydrogen-bond acceptors (Lipinski definition) is 5. The summed E-state index contributed by atoms with van der Waals surface area (Å²) < 4.78 is 7.47. The fraction of sp³-hybridized carbons (Fsp3) is 0.0909. The van der Waals surface area contributed by atoms with Crippen molar-refractivity contribution in [1.82, 2.24) is 19.7 Å². The Hall–Kier alpha value is -3.91. The molecule has 2 aromatic carbocycles. The fourth-order valence-electron chi connectivity index (χ4n) is 2.83. The molecule has 0 radical (unpaired) electrons. The van der Waals surface area contributed by atoms with Crippen molar-refractivity contribution < 1.29 is 9.53 Å². The second-order valence-corrected chi connectivity index (χ2v) is 7.16. The summed E-state index contributed by atoms with van der Waals surface area (Å²) in [6, 6.07) is 15.5. The van der Waals surface area contributed by atoms with E-state index in [-0.39, 0.29) is 0 Å². The first-order valence-electron chi connectivity index (χ1n) is 9.44. The van der Waals surface area contributed by atoms with Gasteiger partial charge >= 0.3 is 6.03 Å². The summed E-state index contributed by atoms with van der Waals surface area (Å²) in [5, 5.41) is 10.1. The molecule has 2 heterocycles. The zero-order chi connectivity index (χ0) is 21.8. The van der Waals surface area contributed by atoms with Crippen LogP contribution in [0.5, 0.6) is 11.6 Å². The highest BCUT2D eigenvalue weighted by Crippen LogP contribution is 2.25. The number of ether oxygens (including phenoxy) is 1. The van der Waals surface area contributed by atoms with Gasteiger partial charge in [0.2, 0.25) is 5.88 Å². The van der Waals surface area contributed by atoms with Crippen LogP contribution in [0.2, 0.25) is 5.02 Å². The van der Waals surface area contributed by atoms with E-state index in [1.165, 1.54) is 0 Å². The molecule has 0 aliphatic heterocycles. The lowest BCUT2D eigenvalue weighted by atomic mass is 10.2. The standard InChI is InChI=1S/C22H19ClN6O2/c1-14-4-9-19(18(23)12-14)28-22(30)27-16-5-7-17(8-6-16)31-21-13-20(25-15(2)26-21)29-11-3-10-24-29/h3-13H,1-2H3,(H2,27,28,30). The third kappa shape index (κ3) is 5.18. The third-order valence-electron chi connectivity index (χ3n) is 4.25. The van der Waals surface area contributed by atoms with Gasteiger partial charge in [0, 0.05) is 24.1 Å². The van der Waals surface area contributed by atoms with E-state index < -0.39 is 6.03 Å². The summed E-state index contributed by atoms with van der Waals surface area (Å²) in [5.74, 6) is 2.13. The number of carbonyl (C=O) groups excluding carboxylic acids is 1. The molecule has 9 heteroatoms. The average Bonchev–Trinajstić information content (AvgIpc) is 3.26. The predicted octanol–water partition coefficient (Wildman–Crippen LogP) is 5.37. The van der Waals surface area contributed by atoms with Crippen molar-refractivity contribution in [3.63, 3.8) is 0 Å². The highest BCUT2D eigenvalue weighted by Gasteiger charge is 2.08. The van der Waals surface area contributed by atoms with Gasteiger partial charge in [0.05, 0.1) is 10.7 Å². The van der Waals surface area contributed by atoms with Crippen molar-refractivity contribution in [1.29, 1.82) is 0 Å². The number of hydrogen-bond donors (Lipinski definition) is 2. The molecule has 31 heavy (non-hydrogen) atoms. The Balaban J connectivity index is 1.41. The van der Waals surface area contributed by atoms with Gasteiger partial charge in [-0.2, -0.15) is 10.1 Å². The van der Waals surface area contributed by atoms with E-state index >= 15 is 0 Å². The SMILES string of the molecule is Cc1ccc(NC(=O)Nc2ccc(Oc3cc(-n4cccn4)nc(C)n3)cc2)c(Cl)c1. The Morgan fingerprint density at radius 2 is 1.84 bits per heavy atom. The van der Waals surface area contributed by atoms with Gasteiger partial charge in [-0.3, -0.25) is 0 Å². The molecule has 0 saturated carbocycles. The number of carbonyl (C=O) groups is 1. The molecule has 8 nitrogen and oxygen atoms in total. The van der Waals surface area contributed by atoms with E-state index in [9.17, 15) is 4.79 Å². The third-order valence-corrected chi connectivity index (χ3v) is 4.56. The molecule has 4 rings (SSSR count). The Labute approximate surface area is 183 Å². The quantitative estimate of drug-likeness (QED) is 0.440. The molecule has 0 fully saturated rings. The number of aryl methyl sites for hydroxylation is 2. The number of anilines is 2. The molecule has 0 aliphatic carbocycles. The summed E-state index contributed by atoms with van der Waals surface area (Å²) in [6.45, 7) is 3.71. The molecule has 0 bridgehead atoms. The molecule has 0 unspecified atom stereocenters. The lowest BCUT2D eigenvalue weighted by Gasteiger charge is -2.11. The van der Waals surface area contributed by atoms with E-state index in [2.05, 4.69) is 25.7 Å². The van der Waals surface area contributed by atoms with Gasteiger partial charge < -0.3 is 15.4 Å². The number of amides is 2. The van der Waals surface area contributed by atoms with E-state index in [0.29, 0.717) is 39.7 Å². The van der Waals surface area contributed by atoms with Gasteiger partial charge in [-0.05, 0) is 61.9 Å². The van der Waals surface area contributed by atoms with Crippen molar-refractivity contribution >= 4 is 29.0 Å². The van der Waals surface area contributed by atoms with Crippen molar-refractivity contribution in [2.45, 2.75) is 13.8 Å². The highest BCUT2D eigenvalue weighted by molar-refractivity contribution is 6.33. The van der Waals surface area contributed by atoms with E-state index in [1.54, 1.807) is 66.5 Å². The van der Waals surface area contributed by atoms with Crippen molar-refractivity contribution in [2.75, 3.05) is 10.6 Å². The molecule has 156 valence electrons. The number of urea groups is 1. The van der Waals surface area contributed by atoms with Crippen LogP contribution < -0.4 is 15.4 Å². The lowest BCUT2D eigenvalue weighted by molar-refractivity contribution is 0.262. The number of benzene rings is 2. The Morgan fingerprint density at radius 3 is 2.55 bits per heavy atom. The molecule has 4 aromatic rings. The van der Waals surface area contributed by atoms with Crippen molar-refractivity contribution in [3.05, 3.63) is 83.4 Å². The predicted molar refractivity (Wildman–Crippen MR) is 119 cm³/mol. The fourth-order valence-corrected chi connectivity index (χ4v) is 3.11. The first kappa shape index (κ1) is 20.4. The largest absolute Gasteiger partial charge is 0.439 e. The van der Waals surface area contributed by atoms with Gasteiger partial charge in [0.25, 0.3) is 0 Å². The van der Waals surface area contributed by atoms with Gasteiger partial charge in [0.1, 0.15) is 11.6 Å². The summed E-state index contributed by atoms with van der Waals surface area (Å²) >= 11 is 6.15. The Morgan fingerprint density at radius 1 is 1.03 bits per heavy atom. The van der Waals surface area contributed by atoms with Crippen LogP contribution in [-0.4, -0.2) is 25.8 Å². The monoisotopic (exact) mass is 434 g/mol.